The van der Waals surface area contributed by atoms with Gasteiger partial charge in [-0.1, -0.05) is 13.8 Å². The number of hydrogen-bond acceptors (Lipinski definition) is 5. The predicted molar refractivity (Wildman–Crippen MR) is 108 cm³/mol. The van der Waals surface area contributed by atoms with Crippen molar-refractivity contribution in [2.24, 2.45) is 0 Å². The summed E-state index contributed by atoms with van der Waals surface area (Å²) >= 11 is 1.70. The van der Waals surface area contributed by atoms with E-state index in [2.05, 4.69) is 50.8 Å². The molecular formula is C20H28N4OS. The van der Waals surface area contributed by atoms with E-state index < -0.39 is 0 Å². The Hall–Kier alpha value is -1.92. The van der Waals surface area contributed by atoms with Gasteiger partial charge in [0.1, 0.15) is 5.69 Å². The summed E-state index contributed by atoms with van der Waals surface area (Å²) < 4.78 is 0. The van der Waals surface area contributed by atoms with Gasteiger partial charge in [0, 0.05) is 31.5 Å². The minimum absolute atomic E-state index is 0.0987. The van der Waals surface area contributed by atoms with Crippen molar-refractivity contribution in [1.29, 1.82) is 0 Å². The van der Waals surface area contributed by atoms with Gasteiger partial charge in [-0.15, -0.1) is 0 Å². The summed E-state index contributed by atoms with van der Waals surface area (Å²) in [7, 11) is 0. The second kappa shape index (κ2) is 9.14. The van der Waals surface area contributed by atoms with Gasteiger partial charge in [0.2, 0.25) is 0 Å². The van der Waals surface area contributed by atoms with Crippen molar-refractivity contribution in [2.45, 2.75) is 32.7 Å². The number of nitrogens with zero attached hydrogens (tertiary/aromatic N) is 3. The number of rotatable bonds is 8. The number of thiophene rings is 1. The summed E-state index contributed by atoms with van der Waals surface area (Å²) in [4.78, 5) is 21.7. The van der Waals surface area contributed by atoms with Crippen LogP contribution in [0.2, 0.25) is 0 Å². The van der Waals surface area contributed by atoms with Crippen molar-refractivity contribution in [3.63, 3.8) is 0 Å². The lowest BCUT2D eigenvalue weighted by Gasteiger charge is -2.29. The smallest absolute Gasteiger partial charge is 0.270 e. The van der Waals surface area contributed by atoms with Crippen LogP contribution in [0, 0.1) is 0 Å². The molecule has 0 radical (unpaired) electrons. The number of anilines is 1. The highest BCUT2D eigenvalue weighted by Crippen LogP contribution is 2.23. The lowest BCUT2D eigenvalue weighted by atomic mass is 10.1. The SMILES string of the molecule is CCN(CC)[C@H](CNC(=O)c1cc(N2CCCC2)ccn1)c1ccsc1. The van der Waals surface area contributed by atoms with Crippen LogP contribution in [-0.4, -0.2) is 48.5 Å². The summed E-state index contributed by atoms with van der Waals surface area (Å²) in [6.45, 7) is 8.94. The van der Waals surface area contributed by atoms with Crippen molar-refractivity contribution >= 4 is 22.9 Å². The fraction of sp³-hybridized carbons (Fsp3) is 0.500. The lowest BCUT2D eigenvalue weighted by Crippen LogP contribution is -2.38. The molecule has 26 heavy (non-hydrogen) atoms. The topological polar surface area (TPSA) is 48.5 Å². The van der Waals surface area contributed by atoms with E-state index in [0.29, 0.717) is 12.2 Å². The van der Waals surface area contributed by atoms with Gasteiger partial charge < -0.3 is 10.2 Å². The molecule has 0 spiro atoms. The van der Waals surface area contributed by atoms with Gasteiger partial charge in [-0.2, -0.15) is 11.3 Å². The Morgan fingerprint density at radius 1 is 1.31 bits per heavy atom. The zero-order valence-electron chi connectivity index (χ0n) is 15.6. The number of pyridine rings is 1. The molecule has 2 aromatic rings. The average molecular weight is 373 g/mol. The Labute approximate surface area is 160 Å². The normalized spacial score (nSPS) is 15.4. The van der Waals surface area contributed by atoms with Gasteiger partial charge in [-0.05, 0) is 60.5 Å². The summed E-state index contributed by atoms with van der Waals surface area (Å²) in [5.74, 6) is -0.0987. The van der Waals surface area contributed by atoms with Crippen molar-refractivity contribution in [3.8, 4) is 0 Å². The predicted octanol–water partition coefficient (Wildman–Crippen LogP) is 3.56. The molecule has 0 bridgehead atoms. The number of nitrogens with one attached hydrogen (secondary N) is 1. The van der Waals surface area contributed by atoms with Gasteiger partial charge >= 0.3 is 0 Å². The van der Waals surface area contributed by atoms with Crippen molar-refractivity contribution < 1.29 is 4.79 Å². The molecule has 0 unspecified atom stereocenters. The maximum atomic E-state index is 12.7. The van der Waals surface area contributed by atoms with Crippen LogP contribution in [0.25, 0.3) is 0 Å². The van der Waals surface area contributed by atoms with E-state index in [-0.39, 0.29) is 11.9 Å². The minimum Gasteiger partial charge on any atom is -0.371 e. The van der Waals surface area contributed by atoms with Crippen LogP contribution >= 0.6 is 11.3 Å². The highest BCUT2D eigenvalue weighted by Gasteiger charge is 2.20. The second-order valence-electron chi connectivity index (χ2n) is 6.60. The quantitative estimate of drug-likeness (QED) is 0.770. The molecule has 1 N–H and O–H groups in total. The maximum Gasteiger partial charge on any atom is 0.270 e. The molecule has 1 aliphatic heterocycles. The summed E-state index contributed by atoms with van der Waals surface area (Å²) in [5, 5.41) is 7.36. The molecule has 140 valence electrons. The Bertz CT molecular complexity index is 694. The zero-order chi connectivity index (χ0) is 18.4. The van der Waals surface area contributed by atoms with Gasteiger partial charge in [-0.3, -0.25) is 14.7 Å². The summed E-state index contributed by atoms with van der Waals surface area (Å²) in [6.07, 6.45) is 4.18. The number of hydrogen-bond donors (Lipinski definition) is 1. The molecule has 0 aliphatic carbocycles. The van der Waals surface area contributed by atoms with E-state index in [0.717, 1.165) is 31.9 Å². The molecule has 0 saturated carbocycles. The molecule has 5 nitrogen and oxygen atoms in total. The van der Waals surface area contributed by atoms with E-state index in [9.17, 15) is 4.79 Å². The number of amides is 1. The van der Waals surface area contributed by atoms with Crippen LogP contribution in [0.5, 0.6) is 0 Å². The van der Waals surface area contributed by atoms with Gasteiger partial charge in [0.15, 0.2) is 0 Å². The van der Waals surface area contributed by atoms with E-state index in [4.69, 9.17) is 0 Å². The molecule has 0 aromatic carbocycles. The first-order valence-electron chi connectivity index (χ1n) is 9.48. The van der Waals surface area contributed by atoms with Crippen LogP contribution in [0.15, 0.2) is 35.2 Å². The molecule has 3 heterocycles. The van der Waals surface area contributed by atoms with Crippen LogP contribution in [0.1, 0.15) is 48.8 Å². The molecule has 1 aliphatic rings. The summed E-state index contributed by atoms with van der Waals surface area (Å²) in [6, 6.07) is 6.25. The molecule has 1 fully saturated rings. The lowest BCUT2D eigenvalue weighted by molar-refractivity contribution is 0.0930. The van der Waals surface area contributed by atoms with Crippen molar-refractivity contribution in [1.82, 2.24) is 15.2 Å². The third kappa shape index (κ3) is 4.43. The largest absolute Gasteiger partial charge is 0.371 e. The monoisotopic (exact) mass is 372 g/mol. The number of likely N-dealkylation sites (N-methyl/N-ethyl adjacent to an activating group) is 1. The van der Waals surface area contributed by atoms with Crippen LogP contribution in [0.3, 0.4) is 0 Å². The first-order valence-corrected chi connectivity index (χ1v) is 10.4. The molecule has 1 atom stereocenters. The highest BCUT2D eigenvalue weighted by molar-refractivity contribution is 7.07. The molecule has 6 heteroatoms. The van der Waals surface area contributed by atoms with E-state index in [1.54, 1.807) is 17.5 Å². The number of carbonyl (C=O) groups is 1. The van der Waals surface area contributed by atoms with E-state index >= 15 is 0 Å². The van der Waals surface area contributed by atoms with Crippen LogP contribution in [0.4, 0.5) is 5.69 Å². The first-order chi connectivity index (χ1) is 12.7. The van der Waals surface area contributed by atoms with Crippen molar-refractivity contribution in [3.05, 3.63) is 46.4 Å². The number of carbonyl (C=O) groups excluding carboxylic acids is 1. The Balaban J connectivity index is 1.67. The van der Waals surface area contributed by atoms with Gasteiger partial charge in [0.05, 0.1) is 6.04 Å². The summed E-state index contributed by atoms with van der Waals surface area (Å²) in [5.41, 5.74) is 2.86. The standard InChI is InChI=1S/C20H28N4OS/c1-3-23(4-2)19(16-8-12-26-15-16)14-22-20(25)18-13-17(7-9-21-18)24-10-5-6-11-24/h7-9,12-13,15,19H,3-6,10-11,14H2,1-2H3,(H,22,25)/t19-/m1/s1. The van der Waals surface area contributed by atoms with E-state index in [1.165, 1.54) is 18.4 Å². The zero-order valence-corrected chi connectivity index (χ0v) is 16.5. The third-order valence-electron chi connectivity index (χ3n) is 5.08. The Kier molecular flexibility index (Phi) is 6.63. The fourth-order valence-electron chi connectivity index (χ4n) is 3.58. The van der Waals surface area contributed by atoms with Crippen LogP contribution in [-0.2, 0) is 0 Å². The van der Waals surface area contributed by atoms with Gasteiger partial charge in [-0.25, -0.2) is 0 Å². The highest BCUT2D eigenvalue weighted by atomic mass is 32.1. The second-order valence-corrected chi connectivity index (χ2v) is 7.38. The molecule has 2 aromatic heterocycles. The average Bonchev–Trinajstić information content (AvgIpc) is 3.39. The molecule has 3 rings (SSSR count). The third-order valence-corrected chi connectivity index (χ3v) is 5.79. The fourth-order valence-corrected chi connectivity index (χ4v) is 4.29. The molecular weight excluding hydrogens is 344 g/mol. The minimum atomic E-state index is -0.0987. The molecule has 1 amide bonds. The van der Waals surface area contributed by atoms with E-state index in [1.807, 2.05) is 12.1 Å². The van der Waals surface area contributed by atoms with Crippen molar-refractivity contribution in [2.75, 3.05) is 37.6 Å². The van der Waals surface area contributed by atoms with Crippen LogP contribution < -0.4 is 10.2 Å². The Morgan fingerprint density at radius 2 is 2.08 bits per heavy atom. The van der Waals surface area contributed by atoms with Gasteiger partial charge in [0.25, 0.3) is 5.91 Å². The number of aromatic nitrogens is 1. The molecule has 1 saturated heterocycles. The first kappa shape index (κ1) is 18.9. The maximum absolute atomic E-state index is 12.7. The Morgan fingerprint density at radius 3 is 2.73 bits per heavy atom.